The third-order valence-electron chi connectivity index (χ3n) is 8.48. The maximum atomic E-state index is 13.0. The fourth-order valence-electron chi connectivity index (χ4n) is 6.87. The average Bonchev–Trinajstić information content (AvgIpc) is 3.29. The van der Waals surface area contributed by atoms with Crippen LogP contribution in [-0.2, 0) is 24.7 Å². The van der Waals surface area contributed by atoms with Crippen LogP contribution in [0.5, 0.6) is 5.75 Å². The maximum Gasteiger partial charge on any atom is 0.261 e. The van der Waals surface area contributed by atoms with Crippen molar-refractivity contribution in [1.29, 1.82) is 0 Å². The second-order valence-corrected chi connectivity index (χ2v) is 10.0. The van der Waals surface area contributed by atoms with Crippen LogP contribution in [0.25, 0.3) is 0 Å². The molecule has 0 radical (unpaired) electrons. The Bertz CT molecular complexity index is 1130. The lowest BCUT2D eigenvalue weighted by molar-refractivity contribution is 0.0233. The molecule has 3 atom stereocenters. The monoisotopic (exact) mass is 419 g/mol. The van der Waals surface area contributed by atoms with E-state index in [0.717, 1.165) is 69.4 Å². The van der Waals surface area contributed by atoms with Crippen LogP contribution in [-0.4, -0.2) is 58.5 Å². The molecule has 6 heteroatoms. The molecular formula is C25H29N3O3. The number of aromatic amines is 1. The van der Waals surface area contributed by atoms with Crippen molar-refractivity contribution in [2.24, 2.45) is 5.92 Å². The minimum Gasteiger partial charge on any atom is -0.508 e. The lowest BCUT2D eigenvalue weighted by Crippen LogP contribution is -2.61. The lowest BCUT2D eigenvalue weighted by atomic mass is 9.52. The van der Waals surface area contributed by atoms with Crippen molar-refractivity contribution in [2.75, 3.05) is 26.7 Å². The van der Waals surface area contributed by atoms with Gasteiger partial charge >= 0.3 is 0 Å². The molecule has 1 aromatic carbocycles. The molecule has 2 N–H and O–H groups in total. The zero-order valence-electron chi connectivity index (χ0n) is 18.0. The summed E-state index contributed by atoms with van der Waals surface area (Å²) in [6.45, 7) is 2.50. The molecule has 2 saturated heterocycles. The van der Waals surface area contributed by atoms with Crippen LogP contribution >= 0.6 is 0 Å². The van der Waals surface area contributed by atoms with Crippen molar-refractivity contribution >= 4 is 5.91 Å². The number of hydrogen-bond donors (Lipinski definition) is 2. The van der Waals surface area contributed by atoms with E-state index < -0.39 is 0 Å². The normalized spacial score (nSPS) is 29.3. The first kappa shape index (κ1) is 19.1. The highest BCUT2D eigenvalue weighted by molar-refractivity contribution is 5.94. The molecule has 1 aromatic heterocycles. The Morgan fingerprint density at radius 2 is 1.94 bits per heavy atom. The fraction of sp³-hybridized carbons (Fsp3) is 0.520. The molecule has 2 fully saturated rings. The van der Waals surface area contributed by atoms with Crippen LogP contribution in [0.1, 0.15) is 52.0 Å². The minimum absolute atomic E-state index is 0.0695. The largest absolute Gasteiger partial charge is 0.508 e. The summed E-state index contributed by atoms with van der Waals surface area (Å²) >= 11 is 0. The molecule has 0 unspecified atom stereocenters. The van der Waals surface area contributed by atoms with Gasteiger partial charge < -0.3 is 19.9 Å². The third-order valence-corrected chi connectivity index (χ3v) is 8.48. The van der Waals surface area contributed by atoms with Gasteiger partial charge in [-0.3, -0.25) is 9.59 Å². The van der Waals surface area contributed by atoms with Gasteiger partial charge in [0.2, 0.25) is 0 Å². The predicted octanol–water partition coefficient (Wildman–Crippen LogP) is 2.23. The van der Waals surface area contributed by atoms with E-state index >= 15 is 0 Å². The van der Waals surface area contributed by atoms with Gasteiger partial charge in [-0.25, -0.2) is 0 Å². The smallest absolute Gasteiger partial charge is 0.261 e. The molecule has 4 aliphatic rings. The summed E-state index contributed by atoms with van der Waals surface area (Å²) in [5, 5.41) is 10.3. The molecule has 162 valence electrons. The molecule has 2 aromatic rings. The first-order chi connectivity index (χ1) is 15.0. The standard InChI is InChI=1S/C25H29N3O3/c1-27-9-6-25-14-21-16(10-18(23(30)26-21)24(31)28-7-2-3-8-28)11-20(25)22(27)12-15-4-5-17(29)13-19(15)25/h4-5,10,13,20,22,29H,2-3,6-9,11-12,14H2,1H3,(H,26,30)/t20-,22+,25+/m0/s1. The van der Waals surface area contributed by atoms with Crippen LogP contribution in [0.3, 0.4) is 0 Å². The summed E-state index contributed by atoms with van der Waals surface area (Å²) in [7, 11) is 2.21. The van der Waals surface area contributed by atoms with E-state index in [2.05, 4.69) is 23.0 Å². The summed E-state index contributed by atoms with van der Waals surface area (Å²) in [6, 6.07) is 8.14. The molecule has 6 rings (SSSR count). The number of carbonyl (C=O) groups excluding carboxylic acids is 1. The van der Waals surface area contributed by atoms with Crippen LogP contribution in [0.15, 0.2) is 29.1 Å². The quantitative estimate of drug-likeness (QED) is 0.743. The first-order valence-electron chi connectivity index (χ1n) is 11.5. The summed E-state index contributed by atoms with van der Waals surface area (Å²) in [6.07, 6.45) is 5.64. The Kier molecular flexibility index (Phi) is 4.13. The summed E-state index contributed by atoms with van der Waals surface area (Å²) < 4.78 is 0. The number of likely N-dealkylation sites (N-methyl/N-ethyl adjacent to an activating group) is 1. The van der Waals surface area contributed by atoms with Gasteiger partial charge in [-0.2, -0.15) is 0 Å². The van der Waals surface area contributed by atoms with Crippen LogP contribution in [0.2, 0.25) is 0 Å². The fourth-order valence-corrected chi connectivity index (χ4v) is 6.87. The van der Waals surface area contributed by atoms with Crippen LogP contribution in [0.4, 0.5) is 0 Å². The molecule has 2 aliphatic heterocycles. The van der Waals surface area contributed by atoms with Gasteiger partial charge in [0.25, 0.3) is 11.5 Å². The number of phenols is 1. The SMILES string of the molecule is CN1CC[C@]23Cc4[nH]c(=O)c(C(=O)N5CCCC5)cc4C[C@H]2[C@H]1Cc1ccc(O)cc13. The molecule has 31 heavy (non-hydrogen) atoms. The van der Waals surface area contributed by atoms with Crippen molar-refractivity contribution in [2.45, 2.75) is 50.0 Å². The number of aromatic nitrogens is 1. The average molecular weight is 420 g/mol. The number of fused-ring (bicyclic) bond motifs is 2. The Morgan fingerprint density at radius 3 is 2.74 bits per heavy atom. The van der Waals surface area contributed by atoms with E-state index in [1.54, 1.807) is 6.07 Å². The van der Waals surface area contributed by atoms with Crippen molar-refractivity contribution in [3.63, 3.8) is 0 Å². The highest BCUT2D eigenvalue weighted by Gasteiger charge is 2.54. The number of rotatable bonds is 1. The Balaban J connectivity index is 1.46. The highest BCUT2D eigenvalue weighted by Crippen LogP contribution is 2.54. The van der Waals surface area contributed by atoms with Gasteiger partial charge in [-0.15, -0.1) is 0 Å². The minimum atomic E-state index is -0.262. The van der Waals surface area contributed by atoms with E-state index in [9.17, 15) is 14.7 Å². The zero-order valence-corrected chi connectivity index (χ0v) is 18.0. The number of aromatic hydroxyl groups is 1. The Hall–Kier alpha value is -2.60. The van der Waals surface area contributed by atoms with E-state index in [0.29, 0.717) is 23.3 Å². The van der Waals surface area contributed by atoms with Crippen molar-refractivity contribution in [3.05, 3.63) is 62.6 Å². The third kappa shape index (κ3) is 2.73. The van der Waals surface area contributed by atoms with Gasteiger partial charge in [-0.05, 0) is 92.9 Å². The lowest BCUT2D eigenvalue weighted by Gasteiger charge is -2.58. The van der Waals surface area contributed by atoms with Crippen molar-refractivity contribution in [3.8, 4) is 5.75 Å². The molecule has 2 aliphatic carbocycles. The van der Waals surface area contributed by atoms with Gasteiger partial charge in [0, 0.05) is 30.2 Å². The van der Waals surface area contributed by atoms with E-state index in [1.165, 1.54) is 11.1 Å². The van der Waals surface area contributed by atoms with E-state index in [-0.39, 0.29) is 16.9 Å². The Labute approximate surface area is 181 Å². The number of likely N-dealkylation sites (tertiary alicyclic amines) is 2. The highest BCUT2D eigenvalue weighted by atomic mass is 16.3. The topological polar surface area (TPSA) is 76.6 Å². The summed E-state index contributed by atoms with van der Waals surface area (Å²) in [4.78, 5) is 33.3. The molecule has 6 nitrogen and oxygen atoms in total. The number of pyridine rings is 1. The first-order valence-corrected chi connectivity index (χ1v) is 11.5. The van der Waals surface area contributed by atoms with Crippen LogP contribution in [0, 0.1) is 5.92 Å². The Morgan fingerprint density at radius 1 is 1.13 bits per heavy atom. The predicted molar refractivity (Wildman–Crippen MR) is 118 cm³/mol. The number of H-pyrrole nitrogens is 1. The second kappa shape index (κ2) is 6.70. The number of phenolic OH excluding ortho intramolecular Hbond substituents is 1. The van der Waals surface area contributed by atoms with Gasteiger partial charge in [-0.1, -0.05) is 6.07 Å². The molecular weight excluding hydrogens is 390 g/mol. The van der Waals surface area contributed by atoms with Crippen molar-refractivity contribution in [1.82, 2.24) is 14.8 Å². The molecule has 3 heterocycles. The van der Waals surface area contributed by atoms with E-state index in [1.807, 2.05) is 17.0 Å². The number of piperidine rings is 1. The summed E-state index contributed by atoms with van der Waals surface area (Å²) in [5.74, 6) is 0.599. The van der Waals surface area contributed by atoms with Gasteiger partial charge in [0.15, 0.2) is 0 Å². The van der Waals surface area contributed by atoms with E-state index in [4.69, 9.17) is 0 Å². The summed E-state index contributed by atoms with van der Waals surface area (Å²) in [5.41, 5.74) is 4.62. The number of hydrogen-bond acceptors (Lipinski definition) is 4. The zero-order chi connectivity index (χ0) is 21.3. The number of amides is 1. The van der Waals surface area contributed by atoms with Crippen molar-refractivity contribution < 1.29 is 9.90 Å². The molecule has 0 saturated carbocycles. The van der Waals surface area contributed by atoms with Gasteiger partial charge in [0.05, 0.1) is 0 Å². The number of nitrogens with one attached hydrogen (secondary N) is 1. The van der Waals surface area contributed by atoms with Crippen LogP contribution < -0.4 is 5.56 Å². The number of benzene rings is 1. The molecule has 0 spiro atoms. The van der Waals surface area contributed by atoms with Gasteiger partial charge in [0.1, 0.15) is 11.3 Å². The maximum absolute atomic E-state index is 13.0. The second-order valence-electron chi connectivity index (χ2n) is 10.0. The number of nitrogens with zero attached hydrogens (tertiary/aromatic N) is 2. The molecule has 2 bridgehead atoms. The molecule has 1 amide bonds. The number of carbonyl (C=O) groups is 1.